The number of hydrogen-bond donors (Lipinski definition) is 2. The lowest BCUT2D eigenvalue weighted by atomic mass is 10.3. The predicted molar refractivity (Wildman–Crippen MR) is 85.6 cm³/mol. The first-order valence-electron chi connectivity index (χ1n) is 6.96. The van der Waals surface area contributed by atoms with Crippen LogP contribution in [0, 0.1) is 0 Å². The van der Waals surface area contributed by atoms with Crippen LogP contribution in [-0.4, -0.2) is 35.1 Å². The second-order valence-corrected chi connectivity index (χ2v) is 5.30. The average Bonchev–Trinajstić information content (AvgIpc) is 3.01. The summed E-state index contributed by atoms with van der Waals surface area (Å²) in [6.07, 6.45) is 2.36. The van der Waals surface area contributed by atoms with E-state index in [0.717, 1.165) is 18.8 Å². The van der Waals surface area contributed by atoms with Crippen LogP contribution in [0.25, 0.3) is 0 Å². The molecule has 0 atom stereocenters. The van der Waals surface area contributed by atoms with Crippen molar-refractivity contribution in [3.05, 3.63) is 29.3 Å². The Bertz CT molecular complexity index is 627. The van der Waals surface area contributed by atoms with Crippen molar-refractivity contribution in [3.8, 4) is 0 Å². The maximum absolute atomic E-state index is 5.99. The smallest absolute Gasteiger partial charge is 0.233 e. The average molecular weight is 305 g/mol. The molecule has 21 heavy (non-hydrogen) atoms. The minimum Gasteiger partial charge on any atom is -0.357 e. The van der Waals surface area contributed by atoms with Gasteiger partial charge in [-0.2, -0.15) is 15.0 Å². The van der Waals surface area contributed by atoms with E-state index < -0.39 is 0 Å². The fourth-order valence-corrected chi connectivity index (χ4v) is 2.48. The van der Waals surface area contributed by atoms with Crippen molar-refractivity contribution in [1.82, 2.24) is 15.0 Å². The first kappa shape index (κ1) is 13.9. The van der Waals surface area contributed by atoms with Crippen LogP contribution in [0.5, 0.6) is 0 Å². The summed E-state index contributed by atoms with van der Waals surface area (Å²) in [6, 6.07) is 7.46. The maximum Gasteiger partial charge on any atom is 0.233 e. The molecule has 0 aliphatic carbocycles. The lowest BCUT2D eigenvalue weighted by Crippen LogP contribution is -2.21. The number of hydrogen-bond acceptors (Lipinski definition) is 6. The van der Waals surface area contributed by atoms with Crippen LogP contribution < -0.4 is 15.5 Å². The Morgan fingerprint density at radius 1 is 1.10 bits per heavy atom. The lowest BCUT2D eigenvalue weighted by Gasteiger charge is -2.16. The molecule has 1 aromatic heterocycles. The zero-order valence-corrected chi connectivity index (χ0v) is 12.6. The third kappa shape index (κ3) is 3.33. The first-order valence-corrected chi connectivity index (χ1v) is 7.34. The number of anilines is 4. The largest absolute Gasteiger partial charge is 0.357 e. The van der Waals surface area contributed by atoms with Gasteiger partial charge in [-0.25, -0.2) is 0 Å². The number of aromatic nitrogens is 3. The van der Waals surface area contributed by atoms with Crippen LogP contribution in [0.15, 0.2) is 24.3 Å². The van der Waals surface area contributed by atoms with Gasteiger partial charge in [-0.1, -0.05) is 17.7 Å². The van der Waals surface area contributed by atoms with Gasteiger partial charge in [-0.3, -0.25) is 0 Å². The lowest BCUT2D eigenvalue weighted by molar-refractivity contribution is 0.885. The van der Waals surface area contributed by atoms with E-state index in [1.54, 1.807) is 7.05 Å². The van der Waals surface area contributed by atoms with Crippen molar-refractivity contribution in [3.63, 3.8) is 0 Å². The highest BCUT2D eigenvalue weighted by Crippen LogP contribution is 2.22. The Labute approximate surface area is 128 Å². The third-order valence-corrected chi connectivity index (χ3v) is 3.55. The molecule has 7 heteroatoms. The molecule has 2 heterocycles. The summed E-state index contributed by atoms with van der Waals surface area (Å²) in [4.78, 5) is 15.4. The summed E-state index contributed by atoms with van der Waals surface area (Å²) >= 11 is 5.99. The van der Waals surface area contributed by atoms with E-state index in [4.69, 9.17) is 11.6 Å². The number of halogens is 1. The molecule has 1 aliphatic rings. The topological polar surface area (TPSA) is 66.0 Å². The van der Waals surface area contributed by atoms with E-state index in [-0.39, 0.29) is 0 Å². The maximum atomic E-state index is 5.99. The van der Waals surface area contributed by atoms with Crippen LogP contribution in [0.3, 0.4) is 0 Å². The number of rotatable bonds is 4. The van der Waals surface area contributed by atoms with Gasteiger partial charge in [0, 0.05) is 30.8 Å². The molecule has 1 saturated heterocycles. The molecule has 0 radical (unpaired) electrons. The van der Waals surface area contributed by atoms with Crippen molar-refractivity contribution in [1.29, 1.82) is 0 Å². The Morgan fingerprint density at radius 2 is 1.86 bits per heavy atom. The Morgan fingerprint density at radius 3 is 2.57 bits per heavy atom. The molecule has 0 bridgehead atoms. The minimum atomic E-state index is 0.513. The quantitative estimate of drug-likeness (QED) is 0.905. The van der Waals surface area contributed by atoms with Gasteiger partial charge in [-0.15, -0.1) is 0 Å². The third-order valence-electron chi connectivity index (χ3n) is 3.32. The zero-order chi connectivity index (χ0) is 14.7. The van der Waals surface area contributed by atoms with Gasteiger partial charge in [-0.05, 0) is 31.0 Å². The molecule has 2 N–H and O–H groups in total. The fraction of sp³-hybridized carbons (Fsp3) is 0.357. The fourth-order valence-electron chi connectivity index (χ4n) is 2.29. The highest BCUT2D eigenvalue weighted by Gasteiger charge is 2.17. The zero-order valence-electron chi connectivity index (χ0n) is 11.8. The summed E-state index contributed by atoms with van der Waals surface area (Å²) in [7, 11) is 1.80. The van der Waals surface area contributed by atoms with E-state index in [9.17, 15) is 0 Å². The van der Waals surface area contributed by atoms with Crippen LogP contribution in [0.4, 0.5) is 23.5 Å². The molecule has 0 saturated carbocycles. The number of nitrogens with zero attached hydrogens (tertiary/aromatic N) is 4. The molecule has 1 aliphatic heterocycles. The van der Waals surface area contributed by atoms with Gasteiger partial charge < -0.3 is 15.5 Å². The van der Waals surface area contributed by atoms with Crippen molar-refractivity contribution >= 4 is 35.1 Å². The van der Waals surface area contributed by atoms with Crippen LogP contribution >= 0.6 is 11.6 Å². The minimum absolute atomic E-state index is 0.513. The molecular formula is C14H17ClN6. The molecule has 3 rings (SSSR count). The Kier molecular flexibility index (Phi) is 4.06. The van der Waals surface area contributed by atoms with Gasteiger partial charge in [0.25, 0.3) is 0 Å². The standard InChI is InChI=1S/C14H17ClN6/c1-16-12-18-13(17-11-6-4-5-10(15)9-11)20-14(19-12)21-7-2-3-8-21/h4-6,9H,2-3,7-8H2,1H3,(H2,16,17,18,19,20). The molecule has 0 unspecified atom stereocenters. The van der Waals surface area contributed by atoms with Gasteiger partial charge in [0.15, 0.2) is 0 Å². The summed E-state index contributed by atoms with van der Waals surface area (Å²) in [5.41, 5.74) is 0.850. The SMILES string of the molecule is CNc1nc(Nc2cccc(Cl)c2)nc(N2CCCC2)n1. The van der Waals surface area contributed by atoms with E-state index in [1.165, 1.54) is 12.8 Å². The second-order valence-electron chi connectivity index (χ2n) is 4.86. The highest BCUT2D eigenvalue weighted by atomic mass is 35.5. The van der Waals surface area contributed by atoms with Crippen molar-refractivity contribution in [2.75, 3.05) is 35.7 Å². The summed E-state index contributed by atoms with van der Waals surface area (Å²) in [5, 5.41) is 6.81. The van der Waals surface area contributed by atoms with Gasteiger partial charge >= 0.3 is 0 Å². The van der Waals surface area contributed by atoms with E-state index in [0.29, 0.717) is 22.9 Å². The van der Waals surface area contributed by atoms with Gasteiger partial charge in [0.1, 0.15) is 0 Å². The summed E-state index contributed by atoms with van der Waals surface area (Å²) in [6.45, 7) is 1.98. The Balaban J connectivity index is 1.88. The predicted octanol–water partition coefficient (Wildman–Crippen LogP) is 2.91. The van der Waals surface area contributed by atoms with Gasteiger partial charge in [0.05, 0.1) is 0 Å². The molecule has 1 fully saturated rings. The van der Waals surface area contributed by atoms with E-state index in [2.05, 4.69) is 30.5 Å². The van der Waals surface area contributed by atoms with Gasteiger partial charge in [0.2, 0.25) is 17.8 Å². The van der Waals surface area contributed by atoms with E-state index >= 15 is 0 Å². The highest BCUT2D eigenvalue weighted by molar-refractivity contribution is 6.30. The van der Waals surface area contributed by atoms with E-state index in [1.807, 2.05) is 24.3 Å². The molecular weight excluding hydrogens is 288 g/mol. The number of nitrogens with one attached hydrogen (secondary N) is 2. The first-order chi connectivity index (χ1) is 10.2. The van der Waals surface area contributed by atoms with Crippen molar-refractivity contribution < 1.29 is 0 Å². The van der Waals surface area contributed by atoms with Crippen molar-refractivity contribution in [2.24, 2.45) is 0 Å². The monoisotopic (exact) mass is 304 g/mol. The molecule has 2 aromatic rings. The molecule has 6 nitrogen and oxygen atoms in total. The molecule has 0 spiro atoms. The second kappa shape index (κ2) is 6.13. The Hall–Kier alpha value is -2.08. The van der Waals surface area contributed by atoms with Crippen LogP contribution in [0.1, 0.15) is 12.8 Å². The van der Waals surface area contributed by atoms with Crippen LogP contribution in [0.2, 0.25) is 5.02 Å². The normalized spacial score (nSPS) is 14.3. The molecule has 0 amide bonds. The van der Waals surface area contributed by atoms with Crippen LogP contribution in [-0.2, 0) is 0 Å². The summed E-state index contributed by atoms with van der Waals surface area (Å²) in [5.74, 6) is 1.77. The molecule has 1 aromatic carbocycles. The van der Waals surface area contributed by atoms with Crippen molar-refractivity contribution in [2.45, 2.75) is 12.8 Å². The molecule has 110 valence electrons. The summed E-state index contributed by atoms with van der Waals surface area (Å²) < 4.78 is 0. The number of benzene rings is 1.